The maximum Gasteiger partial charge on any atom is 0.258 e. The number of aliphatic hydroxyl groups is 1. The lowest BCUT2D eigenvalue weighted by atomic mass is 9.91. The Labute approximate surface area is 194 Å². The Morgan fingerprint density at radius 3 is 2.85 bits per heavy atom. The quantitative estimate of drug-likeness (QED) is 0.454. The number of hydrogen-bond acceptors (Lipinski definition) is 8. The SMILES string of the molecule is CN1CCC(O)(c2cccc(-c3nc(-c4ccnc(NCc5cnn(C)c5)n4)cs3)c2)C1=O. The van der Waals surface area contributed by atoms with Gasteiger partial charge in [-0.1, -0.05) is 18.2 Å². The molecule has 0 bridgehead atoms. The maximum absolute atomic E-state index is 12.5. The zero-order valence-corrected chi connectivity index (χ0v) is 19.1. The highest BCUT2D eigenvalue weighted by Crippen LogP contribution is 2.36. The summed E-state index contributed by atoms with van der Waals surface area (Å²) in [6.07, 6.45) is 5.81. The van der Waals surface area contributed by atoms with E-state index < -0.39 is 5.60 Å². The summed E-state index contributed by atoms with van der Waals surface area (Å²) in [4.78, 5) is 27.7. The molecule has 1 saturated heterocycles. The summed E-state index contributed by atoms with van der Waals surface area (Å²) in [6, 6.07) is 9.24. The van der Waals surface area contributed by atoms with Gasteiger partial charge in [0.1, 0.15) is 10.7 Å². The van der Waals surface area contributed by atoms with Crippen molar-refractivity contribution < 1.29 is 9.90 Å². The Kier molecular flexibility index (Phi) is 5.39. The normalized spacial score (nSPS) is 18.2. The summed E-state index contributed by atoms with van der Waals surface area (Å²) in [5, 5.41) is 21.1. The first-order valence-electron chi connectivity index (χ1n) is 10.5. The van der Waals surface area contributed by atoms with Crippen molar-refractivity contribution in [1.29, 1.82) is 0 Å². The Morgan fingerprint density at radius 2 is 2.09 bits per heavy atom. The molecule has 1 aromatic carbocycles. The molecule has 0 spiro atoms. The molecule has 0 aliphatic carbocycles. The topological polar surface area (TPSA) is 109 Å². The Hall–Kier alpha value is -3.63. The van der Waals surface area contributed by atoms with Gasteiger partial charge < -0.3 is 15.3 Å². The molecule has 1 amide bonds. The number of benzene rings is 1. The number of aromatic nitrogens is 5. The third-order valence-electron chi connectivity index (χ3n) is 5.73. The summed E-state index contributed by atoms with van der Waals surface area (Å²) in [6.45, 7) is 1.11. The number of rotatable bonds is 6. The maximum atomic E-state index is 12.5. The highest BCUT2D eigenvalue weighted by atomic mass is 32.1. The molecule has 9 nitrogen and oxygen atoms in total. The highest BCUT2D eigenvalue weighted by molar-refractivity contribution is 7.13. The van der Waals surface area contributed by atoms with Crippen LogP contribution >= 0.6 is 11.3 Å². The van der Waals surface area contributed by atoms with Crippen LogP contribution in [0.2, 0.25) is 0 Å². The first kappa shape index (κ1) is 21.2. The van der Waals surface area contributed by atoms with Crippen molar-refractivity contribution in [2.24, 2.45) is 7.05 Å². The van der Waals surface area contributed by atoms with E-state index in [-0.39, 0.29) is 5.91 Å². The standard InChI is InChI=1S/C23H23N7O2S/c1-29-9-7-23(32,21(29)31)17-5-3-4-16(10-17)20-27-19(14-33-20)18-6-8-24-22(28-18)25-11-15-12-26-30(2)13-15/h3-6,8,10,12-14,32H,7,9,11H2,1-2H3,(H,24,25,28). The van der Waals surface area contributed by atoms with Crippen molar-refractivity contribution in [3.63, 3.8) is 0 Å². The molecule has 4 heterocycles. The number of amides is 1. The third kappa shape index (κ3) is 4.10. The number of hydrogen-bond donors (Lipinski definition) is 2. The molecule has 33 heavy (non-hydrogen) atoms. The van der Waals surface area contributed by atoms with Crippen molar-refractivity contribution >= 4 is 23.2 Å². The van der Waals surface area contributed by atoms with Crippen molar-refractivity contribution in [2.75, 3.05) is 18.9 Å². The van der Waals surface area contributed by atoms with Crippen molar-refractivity contribution in [3.8, 4) is 22.0 Å². The zero-order valence-electron chi connectivity index (χ0n) is 18.3. The predicted molar refractivity (Wildman–Crippen MR) is 125 cm³/mol. The lowest BCUT2D eigenvalue weighted by Crippen LogP contribution is -2.36. The van der Waals surface area contributed by atoms with Crippen LogP contribution < -0.4 is 5.32 Å². The molecule has 4 aromatic rings. The third-order valence-corrected chi connectivity index (χ3v) is 6.62. The van der Waals surface area contributed by atoms with Gasteiger partial charge >= 0.3 is 0 Å². The zero-order chi connectivity index (χ0) is 23.0. The van der Waals surface area contributed by atoms with Gasteiger partial charge in [-0.05, 0) is 17.7 Å². The summed E-state index contributed by atoms with van der Waals surface area (Å²) < 4.78 is 1.75. The van der Waals surface area contributed by atoms with Crippen molar-refractivity contribution in [2.45, 2.75) is 18.6 Å². The molecule has 1 aliphatic rings. The molecule has 10 heteroatoms. The number of carbonyl (C=O) groups is 1. The van der Waals surface area contributed by atoms with Gasteiger partial charge in [0.2, 0.25) is 5.95 Å². The van der Waals surface area contributed by atoms with Gasteiger partial charge in [0.25, 0.3) is 5.91 Å². The Morgan fingerprint density at radius 1 is 1.21 bits per heavy atom. The molecule has 3 aromatic heterocycles. The summed E-state index contributed by atoms with van der Waals surface area (Å²) >= 11 is 1.49. The van der Waals surface area contributed by atoms with Gasteiger partial charge in [0.05, 0.1) is 11.9 Å². The molecule has 1 atom stereocenters. The van der Waals surface area contributed by atoms with Crippen molar-refractivity contribution in [1.82, 2.24) is 29.6 Å². The van der Waals surface area contributed by atoms with Gasteiger partial charge in [-0.2, -0.15) is 5.10 Å². The molecular formula is C23H23N7O2S. The number of aryl methyl sites for hydroxylation is 1. The summed E-state index contributed by atoms with van der Waals surface area (Å²) in [5.74, 6) is 0.241. The Balaban J connectivity index is 1.36. The lowest BCUT2D eigenvalue weighted by Gasteiger charge is -2.21. The van der Waals surface area contributed by atoms with E-state index in [9.17, 15) is 9.90 Å². The van der Waals surface area contributed by atoms with E-state index in [1.54, 1.807) is 35.1 Å². The first-order valence-corrected chi connectivity index (χ1v) is 11.4. The summed E-state index contributed by atoms with van der Waals surface area (Å²) in [5.41, 5.74) is 2.45. The molecule has 1 unspecified atom stereocenters. The second kappa shape index (κ2) is 8.38. The fourth-order valence-electron chi connectivity index (χ4n) is 3.89. The number of thiazole rings is 1. The van der Waals surface area contributed by atoms with Crippen molar-refractivity contribution in [3.05, 3.63) is 65.4 Å². The fraction of sp³-hybridized carbons (Fsp3) is 0.261. The lowest BCUT2D eigenvalue weighted by molar-refractivity contribution is -0.143. The molecule has 2 N–H and O–H groups in total. The number of likely N-dealkylation sites (tertiary alicyclic amines) is 1. The smallest absolute Gasteiger partial charge is 0.258 e. The van der Waals surface area contributed by atoms with Gasteiger partial charge in [-0.3, -0.25) is 9.48 Å². The van der Waals surface area contributed by atoms with Crippen LogP contribution in [0.1, 0.15) is 17.5 Å². The number of likely N-dealkylation sites (N-methyl/N-ethyl adjacent to an activating group) is 1. The Bertz CT molecular complexity index is 1320. The van der Waals surface area contributed by atoms with Crippen LogP contribution in [0.5, 0.6) is 0 Å². The molecule has 5 rings (SSSR count). The number of carbonyl (C=O) groups excluding carboxylic acids is 1. The van der Waals surface area contributed by atoms with Gasteiger partial charge in [0.15, 0.2) is 5.60 Å². The van der Waals surface area contributed by atoms with E-state index in [0.29, 0.717) is 36.7 Å². The fourth-order valence-corrected chi connectivity index (χ4v) is 4.70. The van der Waals surface area contributed by atoms with Crippen LogP contribution in [-0.4, -0.2) is 54.2 Å². The minimum Gasteiger partial charge on any atom is -0.375 e. The van der Waals surface area contributed by atoms with Crippen LogP contribution in [0.3, 0.4) is 0 Å². The number of anilines is 1. The predicted octanol–water partition coefficient (Wildman–Crippen LogP) is 2.66. The molecule has 1 aliphatic heterocycles. The molecule has 0 saturated carbocycles. The monoisotopic (exact) mass is 461 g/mol. The van der Waals surface area contributed by atoms with E-state index in [1.165, 1.54) is 11.3 Å². The van der Waals surface area contributed by atoms with Gasteiger partial charge in [-0.25, -0.2) is 15.0 Å². The van der Waals surface area contributed by atoms with Crippen LogP contribution in [0, 0.1) is 0 Å². The van der Waals surface area contributed by atoms with Crippen LogP contribution in [0.15, 0.2) is 54.3 Å². The second-order valence-electron chi connectivity index (χ2n) is 8.10. The minimum atomic E-state index is -1.48. The second-order valence-corrected chi connectivity index (χ2v) is 8.96. The number of nitrogens with zero attached hydrogens (tertiary/aromatic N) is 6. The molecular weight excluding hydrogens is 438 g/mol. The first-order chi connectivity index (χ1) is 15.9. The van der Waals surface area contributed by atoms with E-state index in [0.717, 1.165) is 21.8 Å². The minimum absolute atomic E-state index is 0.272. The van der Waals surface area contributed by atoms with E-state index in [2.05, 4.69) is 20.4 Å². The van der Waals surface area contributed by atoms with Gasteiger partial charge in [-0.15, -0.1) is 11.3 Å². The molecule has 1 fully saturated rings. The van der Waals surface area contributed by atoms with E-state index in [4.69, 9.17) is 4.98 Å². The molecule has 0 radical (unpaired) electrons. The average Bonchev–Trinajstić information content (AvgIpc) is 3.55. The van der Waals surface area contributed by atoms with Gasteiger partial charge in [0, 0.05) is 62.5 Å². The number of nitrogens with one attached hydrogen (secondary N) is 1. The van der Waals surface area contributed by atoms with Crippen LogP contribution in [0.25, 0.3) is 22.0 Å². The largest absolute Gasteiger partial charge is 0.375 e. The average molecular weight is 462 g/mol. The highest BCUT2D eigenvalue weighted by Gasteiger charge is 2.45. The van der Waals surface area contributed by atoms with E-state index in [1.807, 2.05) is 42.9 Å². The van der Waals surface area contributed by atoms with Crippen LogP contribution in [-0.2, 0) is 24.0 Å². The summed E-state index contributed by atoms with van der Waals surface area (Å²) in [7, 11) is 3.58. The molecule has 168 valence electrons. The van der Waals surface area contributed by atoms with E-state index >= 15 is 0 Å². The van der Waals surface area contributed by atoms with Crippen LogP contribution in [0.4, 0.5) is 5.95 Å².